The van der Waals surface area contributed by atoms with Gasteiger partial charge in [0, 0.05) is 5.56 Å². The molecule has 0 fully saturated rings. The van der Waals surface area contributed by atoms with Crippen LogP contribution < -0.4 is 5.73 Å². The first-order chi connectivity index (χ1) is 8.61. The summed E-state index contributed by atoms with van der Waals surface area (Å²) in [5.41, 5.74) is 7.43. The van der Waals surface area contributed by atoms with E-state index in [1.54, 1.807) is 13.0 Å². The molecule has 0 amide bonds. The van der Waals surface area contributed by atoms with E-state index in [1.165, 1.54) is 12.1 Å². The molecule has 0 aliphatic rings. The van der Waals surface area contributed by atoms with E-state index >= 15 is 0 Å². The van der Waals surface area contributed by atoms with Crippen LogP contribution in [0.2, 0.25) is 0 Å². The predicted molar refractivity (Wildman–Crippen MR) is 66.3 cm³/mol. The molecule has 18 heavy (non-hydrogen) atoms. The third-order valence-electron chi connectivity index (χ3n) is 2.79. The van der Waals surface area contributed by atoms with Crippen LogP contribution in [-0.4, -0.2) is 10.1 Å². The lowest BCUT2D eigenvalue weighted by atomic mass is 10.1. The highest BCUT2D eigenvalue weighted by Crippen LogP contribution is 2.23. The Morgan fingerprint density at radius 1 is 1.44 bits per heavy atom. The maximum Gasteiger partial charge on any atom is 0.243 e. The van der Waals surface area contributed by atoms with Crippen LogP contribution in [0.5, 0.6) is 0 Å². The van der Waals surface area contributed by atoms with Crippen molar-refractivity contribution in [3.8, 4) is 11.4 Å². The van der Waals surface area contributed by atoms with Gasteiger partial charge in [0.15, 0.2) is 0 Å². The fourth-order valence-corrected chi connectivity index (χ4v) is 1.81. The van der Waals surface area contributed by atoms with Gasteiger partial charge in [0.2, 0.25) is 11.7 Å². The molecule has 1 aromatic heterocycles. The van der Waals surface area contributed by atoms with Crippen molar-refractivity contribution in [2.75, 3.05) is 0 Å². The molecule has 0 aliphatic carbocycles. The van der Waals surface area contributed by atoms with Crippen LogP contribution in [-0.2, 0) is 0 Å². The molecule has 2 N–H and O–H groups in total. The van der Waals surface area contributed by atoms with E-state index in [4.69, 9.17) is 10.3 Å². The van der Waals surface area contributed by atoms with Crippen molar-refractivity contribution in [1.29, 1.82) is 0 Å². The van der Waals surface area contributed by atoms with E-state index in [1.807, 2.05) is 6.92 Å². The van der Waals surface area contributed by atoms with E-state index in [-0.39, 0.29) is 11.9 Å². The van der Waals surface area contributed by atoms with Gasteiger partial charge in [0.25, 0.3) is 0 Å². The second-order valence-corrected chi connectivity index (χ2v) is 4.31. The Morgan fingerprint density at radius 2 is 2.22 bits per heavy atom. The Labute approximate surface area is 105 Å². The van der Waals surface area contributed by atoms with E-state index in [2.05, 4.69) is 10.1 Å². The summed E-state index contributed by atoms with van der Waals surface area (Å²) < 4.78 is 18.2. The summed E-state index contributed by atoms with van der Waals surface area (Å²) in [6.07, 6.45) is 1.75. The summed E-state index contributed by atoms with van der Waals surface area (Å²) in [5, 5.41) is 3.89. The Morgan fingerprint density at radius 3 is 2.89 bits per heavy atom. The molecular weight excluding hydrogens is 233 g/mol. The van der Waals surface area contributed by atoms with Crippen molar-refractivity contribution in [3.63, 3.8) is 0 Å². The van der Waals surface area contributed by atoms with Crippen LogP contribution in [0.3, 0.4) is 0 Å². The molecule has 2 rings (SSSR count). The lowest BCUT2D eigenvalue weighted by Crippen LogP contribution is -2.09. The molecule has 5 heteroatoms. The van der Waals surface area contributed by atoms with Gasteiger partial charge >= 0.3 is 0 Å². The molecule has 0 spiro atoms. The summed E-state index contributed by atoms with van der Waals surface area (Å²) >= 11 is 0. The van der Waals surface area contributed by atoms with Crippen molar-refractivity contribution >= 4 is 0 Å². The van der Waals surface area contributed by atoms with Gasteiger partial charge in [-0.25, -0.2) is 4.39 Å². The third kappa shape index (κ3) is 2.56. The minimum absolute atomic E-state index is 0.239. The highest BCUT2D eigenvalue weighted by atomic mass is 19.1. The van der Waals surface area contributed by atoms with Gasteiger partial charge in [-0.05, 0) is 37.1 Å². The van der Waals surface area contributed by atoms with Gasteiger partial charge in [-0.3, -0.25) is 0 Å². The highest BCUT2D eigenvalue weighted by molar-refractivity contribution is 5.59. The summed E-state index contributed by atoms with van der Waals surface area (Å²) in [6.45, 7) is 3.85. The quantitative estimate of drug-likeness (QED) is 0.904. The summed E-state index contributed by atoms with van der Waals surface area (Å²) in [5.74, 6) is 0.604. The first-order valence-electron chi connectivity index (χ1n) is 5.97. The molecule has 1 unspecified atom stereocenters. The molecular formula is C13H16FN3O. The average Bonchev–Trinajstić information content (AvgIpc) is 2.78. The summed E-state index contributed by atoms with van der Waals surface area (Å²) in [6, 6.07) is 4.23. The minimum Gasteiger partial charge on any atom is -0.337 e. The number of hydrogen-bond donors (Lipinski definition) is 1. The van der Waals surface area contributed by atoms with Gasteiger partial charge in [0.05, 0.1) is 6.04 Å². The van der Waals surface area contributed by atoms with E-state index in [0.717, 1.165) is 24.0 Å². The van der Waals surface area contributed by atoms with Gasteiger partial charge < -0.3 is 10.3 Å². The Balaban J connectivity index is 2.29. The van der Waals surface area contributed by atoms with Crippen molar-refractivity contribution in [2.45, 2.75) is 32.7 Å². The SMILES string of the molecule is CCCC(N)c1nc(-c2ccc(F)cc2C)no1. The zero-order valence-corrected chi connectivity index (χ0v) is 10.5. The summed E-state index contributed by atoms with van der Waals surface area (Å²) in [7, 11) is 0. The molecule has 2 aromatic rings. The van der Waals surface area contributed by atoms with Crippen LogP contribution in [0.4, 0.5) is 4.39 Å². The molecule has 96 valence electrons. The van der Waals surface area contributed by atoms with Crippen LogP contribution in [0.15, 0.2) is 22.7 Å². The first kappa shape index (κ1) is 12.7. The zero-order chi connectivity index (χ0) is 13.1. The Kier molecular flexibility index (Phi) is 3.72. The largest absolute Gasteiger partial charge is 0.337 e. The van der Waals surface area contributed by atoms with Crippen molar-refractivity contribution in [2.24, 2.45) is 5.73 Å². The number of aromatic nitrogens is 2. The molecule has 1 atom stereocenters. The van der Waals surface area contributed by atoms with E-state index in [0.29, 0.717) is 11.7 Å². The highest BCUT2D eigenvalue weighted by Gasteiger charge is 2.16. The van der Waals surface area contributed by atoms with Crippen molar-refractivity contribution in [1.82, 2.24) is 10.1 Å². The number of rotatable bonds is 4. The third-order valence-corrected chi connectivity index (χ3v) is 2.79. The molecule has 1 heterocycles. The Bertz CT molecular complexity index is 539. The van der Waals surface area contributed by atoms with Crippen LogP contribution in [0, 0.1) is 12.7 Å². The van der Waals surface area contributed by atoms with Crippen LogP contribution in [0.1, 0.15) is 37.3 Å². The number of aryl methyl sites for hydroxylation is 1. The molecule has 1 aromatic carbocycles. The van der Waals surface area contributed by atoms with Crippen LogP contribution in [0.25, 0.3) is 11.4 Å². The topological polar surface area (TPSA) is 64.9 Å². The standard InChI is InChI=1S/C13H16FN3O/c1-3-4-11(15)13-16-12(17-18-13)10-6-5-9(14)7-8(10)2/h5-7,11H,3-4,15H2,1-2H3. The monoisotopic (exact) mass is 249 g/mol. The van der Waals surface area contributed by atoms with Gasteiger partial charge in [-0.15, -0.1) is 0 Å². The van der Waals surface area contributed by atoms with E-state index < -0.39 is 0 Å². The Hall–Kier alpha value is -1.75. The van der Waals surface area contributed by atoms with E-state index in [9.17, 15) is 4.39 Å². The summed E-state index contributed by atoms with van der Waals surface area (Å²) in [4.78, 5) is 4.26. The van der Waals surface area contributed by atoms with Gasteiger partial charge in [-0.2, -0.15) is 4.98 Å². The molecule has 0 saturated heterocycles. The zero-order valence-electron chi connectivity index (χ0n) is 10.5. The normalized spacial score (nSPS) is 12.7. The fraction of sp³-hybridized carbons (Fsp3) is 0.385. The molecule has 0 radical (unpaired) electrons. The minimum atomic E-state index is -0.275. The predicted octanol–water partition coefficient (Wildman–Crippen LogP) is 2.98. The van der Waals surface area contributed by atoms with Crippen LogP contribution >= 0.6 is 0 Å². The molecule has 0 aliphatic heterocycles. The number of nitrogens with zero attached hydrogens (tertiary/aromatic N) is 2. The number of nitrogens with two attached hydrogens (primary N) is 1. The van der Waals surface area contributed by atoms with Crippen molar-refractivity contribution in [3.05, 3.63) is 35.5 Å². The molecule has 4 nitrogen and oxygen atoms in total. The molecule has 0 bridgehead atoms. The number of halogens is 1. The van der Waals surface area contributed by atoms with Crippen molar-refractivity contribution < 1.29 is 8.91 Å². The maximum atomic E-state index is 13.0. The maximum absolute atomic E-state index is 13.0. The number of hydrogen-bond acceptors (Lipinski definition) is 4. The molecule has 0 saturated carbocycles. The first-order valence-corrected chi connectivity index (χ1v) is 5.97. The number of benzene rings is 1. The second kappa shape index (κ2) is 5.27. The second-order valence-electron chi connectivity index (χ2n) is 4.31. The average molecular weight is 249 g/mol. The lowest BCUT2D eigenvalue weighted by Gasteiger charge is -2.02. The lowest BCUT2D eigenvalue weighted by molar-refractivity contribution is 0.348. The fourth-order valence-electron chi connectivity index (χ4n) is 1.81. The van der Waals surface area contributed by atoms with Gasteiger partial charge in [0.1, 0.15) is 5.82 Å². The smallest absolute Gasteiger partial charge is 0.243 e. The van der Waals surface area contributed by atoms with Gasteiger partial charge in [-0.1, -0.05) is 18.5 Å².